The highest BCUT2D eigenvalue weighted by Crippen LogP contribution is 2.31. The van der Waals surface area contributed by atoms with Gasteiger partial charge in [-0.2, -0.15) is 0 Å². The topological polar surface area (TPSA) is 60.0 Å². The van der Waals surface area contributed by atoms with Crippen molar-refractivity contribution >= 4 is 11.6 Å². The maximum absolute atomic E-state index is 12.3. The maximum atomic E-state index is 12.3. The van der Waals surface area contributed by atoms with Gasteiger partial charge in [-0.3, -0.25) is 4.79 Å². The SMILES string of the molecule is COc1cccc(NCC(=O)N2CCC3(CC2)OCCO3)c1. The van der Waals surface area contributed by atoms with Gasteiger partial charge in [-0.25, -0.2) is 0 Å². The van der Waals surface area contributed by atoms with Gasteiger partial charge >= 0.3 is 0 Å². The zero-order chi connectivity index (χ0) is 15.4. The van der Waals surface area contributed by atoms with E-state index in [2.05, 4.69) is 5.32 Å². The third-order valence-corrected chi connectivity index (χ3v) is 4.20. The molecule has 1 aromatic rings. The fraction of sp³-hybridized carbons (Fsp3) is 0.562. The Hall–Kier alpha value is -1.79. The monoisotopic (exact) mass is 306 g/mol. The number of rotatable bonds is 4. The molecule has 2 heterocycles. The first kappa shape index (κ1) is 15.1. The summed E-state index contributed by atoms with van der Waals surface area (Å²) in [6, 6.07) is 7.56. The molecule has 120 valence electrons. The lowest BCUT2D eigenvalue weighted by Gasteiger charge is -2.37. The van der Waals surface area contributed by atoms with Crippen LogP contribution in [0.15, 0.2) is 24.3 Å². The van der Waals surface area contributed by atoms with Gasteiger partial charge in [0.25, 0.3) is 0 Å². The van der Waals surface area contributed by atoms with E-state index in [4.69, 9.17) is 14.2 Å². The predicted molar refractivity (Wildman–Crippen MR) is 81.9 cm³/mol. The van der Waals surface area contributed by atoms with Crippen molar-refractivity contribution in [2.75, 3.05) is 45.3 Å². The minimum absolute atomic E-state index is 0.0932. The van der Waals surface area contributed by atoms with Crippen molar-refractivity contribution < 1.29 is 19.0 Å². The van der Waals surface area contributed by atoms with Gasteiger partial charge in [0.1, 0.15) is 5.75 Å². The summed E-state index contributed by atoms with van der Waals surface area (Å²) in [5.74, 6) is 0.431. The number of anilines is 1. The average molecular weight is 306 g/mol. The largest absolute Gasteiger partial charge is 0.497 e. The lowest BCUT2D eigenvalue weighted by atomic mass is 10.0. The fourth-order valence-electron chi connectivity index (χ4n) is 2.91. The molecule has 1 aromatic carbocycles. The first-order valence-electron chi connectivity index (χ1n) is 7.64. The normalized spacial score (nSPS) is 20.1. The Labute approximate surface area is 130 Å². The summed E-state index contributed by atoms with van der Waals surface area (Å²) in [6.07, 6.45) is 1.50. The zero-order valence-electron chi connectivity index (χ0n) is 12.8. The second kappa shape index (κ2) is 6.54. The molecule has 6 nitrogen and oxygen atoms in total. The predicted octanol–water partition coefficient (Wildman–Crippen LogP) is 1.47. The van der Waals surface area contributed by atoms with E-state index in [1.807, 2.05) is 29.2 Å². The minimum atomic E-state index is -0.434. The summed E-state index contributed by atoms with van der Waals surface area (Å²) in [6.45, 7) is 2.95. The number of piperidine rings is 1. The van der Waals surface area contributed by atoms with Gasteiger partial charge in [-0.1, -0.05) is 6.07 Å². The second-order valence-electron chi connectivity index (χ2n) is 5.57. The molecule has 0 aliphatic carbocycles. The summed E-state index contributed by atoms with van der Waals surface area (Å²) in [5.41, 5.74) is 0.878. The molecule has 0 saturated carbocycles. The van der Waals surface area contributed by atoms with E-state index in [1.165, 1.54) is 0 Å². The zero-order valence-corrected chi connectivity index (χ0v) is 12.8. The van der Waals surface area contributed by atoms with Crippen LogP contribution in [0, 0.1) is 0 Å². The third kappa shape index (κ3) is 3.34. The van der Waals surface area contributed by atoms with Crippen LogP contribution in [0.5, 0.6) is 5.75 Å². The van der Waals surface area contributed by atoms with Gasteiger partial charge in [0.15, 0.2) is 5.79 Å². The van der Waals surface area contributed by atoms with Crippen LogP contribution in [0.4, 0.5) is 5.69 Å². The van der Waals surface area contributed by atoms with Gasteiger partial charge in [0.2, 0.25) is 5.91 Å². The first-order valence-corrected chi connectivity index (χ1v) is 7.64. The van der Waals surface area contributed by atoms with E-state index >= 15 is 0 Å². The van der Waals surface area contributed by atoms with Crippen LogP contribution in [0.2, 0.25) is 0 Å². The molecular formula is C16H22N2O4. The van der Waals surface area contributed by atoms with Crippen LogP contribution in [0.25, 0.3) is 0 Å². The van der Waals surface area contributed by atoms with Crippen molar-refractivity contribution in [1.29, 1.82) is 0 Å². The van der Waals surface area contributed by atoms with Crippen molar-refractivity contribution in [3.8, 4) is 5.75 Å². The molecular weight excluding hydrogens is 284 g/mol. The van der Waals surface area contributed by atoms with Crippen LogP contribution in [-0.4, -0.2) is 56.6 Å². The summed E-state index contributed by atoms with van der Waals surface area (Å²) >= 11 is 0. The van der Waals surface area contributed by atoms with Crippen molar-refractivity contribution in [3.63, 3.8) is 0 Å². The number of carbonyl (C=O) groups is 1. The standard InChI is InChI=1S/C16H22N2O4/c1-20-14-4-2-3-13(11-14)17-12-15(19)18-7-5-16(6-8-18)21-9-10-22-16/h2-4,11,17H,5-10,12H2,1H3. The fourth-order valence-corrected chi connectivity index (χ4v) is 2.91. The lowest BCUT2D eigenvalue weighted by molar-refractivity contribution is -0.187. The Kier molecular flexibility index (Phi) is 4.49. The molecule has 0 unspecified atom stereocenters. The molecule has 0 aromatic heterocycles. The molecule has 1 N–H and O–H groups in total. The van der Waals surface area contributed by atoms with Crippen LogP contribution >= 0.6 is 0 Å². The number of carbonyl (C=O) groups excluding carboxylic acids is 1. The Balaban J connectivity index is 1.48. The van der Waals surface area contributed by atoms with Gasteiger partial charge in [0.05, 0.1) is 26.9 Å². The van der Waals surface area contributed by atoms with Crippen molar-refractivity contribution in [3.05, 3.63) is 24.3 Å². The van der Waals surface area contributed by atoms with Gasteiger partial charge in [0, 0.05) is 37.7 Å². The Morgan fingerprint density at radius 1 is 1.32 bits per heavy atom. The number of ether oxygens (including phenoxy) is 3. The molecule has 0 atom stereocenters. The summed E-state index contributed by atoms with van der Waals surface area (Å²) in [5, 5.41) is 3.14. The molecule has 2 saturated heterocycles. The number of amides is 1. The number of hydrogen-bond donors (Lipinski definition) is 1. The highest BCUT2D eigenvalue weighted by molar-refractivity contribution is 5.81. The highest BCUT2D eigenvalue weighted by Gasteiger charge is 2.40. The molecule has 3 rings (SSSR count). The summed E-state index contributed by atoms with van der Waals surface area (Å²) in [7, 11) is 1.63. The molecule has 1 amide bonds. The maximum Gasteiger partial charge on any atom is 0.241 e. The summed E-state index contributed by atoms with van der Waals surface area (Å²) < 4.78 is 16.5. The van der Waals surface area contributed by atoms with E-state index in [1.54, 1.807) is 7.11 Å². The van der Waals surface area contributed by atoms with Crippen LogP contribution in [0.1, 0.15) is 12.8 Å². The molecule has 22 heavy (non-hydrogen) atoms. The van der Waals surface area contributed by atoms with E-state index in [9.17, 15) is 4.79 Å². The number of nitrogens with one attached hydrogen (secondary N) is 1. The molecule has 2 fully saturated rings. The quantitative estimate of drug-likeness (QED) is 0.913. The molecule has 0 bridgehead atoms. The molecule has 2 aliphatic heterocycles. The van der Waals surface area contributed by atoms with Crippen LogP contribution in [-0.2, 0) is 14.3 Å². The van der Waals surface area contributed by atoms with E-state index in [0.29, 0.717) is 26.3 Å². The number of likely N-dealkylation sites (tertiary alicyclic amines) is 1. The van der Waals surface area contributed by atoms with Gasteiger partial charge < -0.3 is 24.4 Å². The Morgan fingerprint density at radius 3 is 2.73 bits per heavy atom. The smallest absolute Gasteiger partial charge is 0.241 e. The van der Waals surface area contributed by atoms with E-state index in [0.717, 1.165) is 24.3 Å². The number of hydrogen-bond acceptors (Lipinski definition) is 5. The Bertz CT molecular complexity index is 519. The number of benzene rings is 1. The molecule has 6 heteroatoms. The lowest BCUT2D eigenvalue weighted by Crippen LogP contribution is -2.48. The summed E-state index contributed by atoms with van der Waals surface area (Å²) in [4.78, 5) is 14.1. The Morgan fingerprint density at radius 2 is 2.05 bits per heavy atom. The second-order valence-corrected chi connectivity index (χ2v) is 5.57. The van der Waals surface area contributed by atoms with Crippen LogP contribution < -0.4 is 10.1 Å². The molecule has 0 radical (unpaired) electrons. The van der Waals surface area contributed by atoms with Crippen molar-refractivity contribution in [2.24, 2.45) is 0 Å². The van der Waals surface area contributed by atoms with Gasteiger partial charge in [-0.15, -0.1) is 0 Å². The van der Waals surface area contributed by atoms with Gasteiger partial charge in [-0.05, 0) is 12.1 Å². The van der Waals surface area contributed by atoms with E-state index < -0.39 is 5.79 Å². The number of nitrogens with zero attached hydrogens (tertiary/aromatic N) is 1. The van der Waals surface area contributed by atoms with Crippen molar-refractivity contribution in [1.82, 2.24) is 4.90 Å². The van der Waals surface area contributed by atoms with Crippen molar-refractivity contribution in [2.45, 2.75) is 18.6 Å². The minimum Gasteiger partial charge on any atom is -0.497 e. The highest BCUT2D eigenvalue weighted by atomic mass is 16.7. The number of methoxy groups -OCH3 is 1. The molecule has 2 aliphatic rings. The first-order chi connectivity index (χ1) is 10.7. The van der Waals surface area contributed by atoms with Crippen LogP contribution in [0.3, 0.4) is 0 Å². The average Bonchev–Trinajstić information content (AvgIpc) is 3.01. The third-order valence-electron chi connectivity index (χ3n) is 4.20. The molecule has 1 spiro atoms. The van der Waals surface area contributed by atoms with E-state index in [-0.39, 0.29) is 12.5 Å².